The van der Waals surface area contributed by atoms with Crippen LogP contribution in [0.25, 0.3) is 0 Å². The van der Waals surface area contributed by atoms with Crippen molar-refractivity contribution < 1.29 is 37.1 Å². The highest BCUT2D eigenvalue weighted by molar-refractivity contribution is 7.89. The maximum atomic E-state index is 12.7. The number of unbranched alkanes of at least 4 members (excludes halogenated alkanes) is 1. The van der Waals surface area contributed by atoms with Crippen LogP contribution in [-0.2, 0) is 24.4 Å². The molecule has 1 fully saturated rings. The van der Waals surface area contributed by atoms with Crippen LogP contribution in [0.2, 0.25) is 0 Å². The number of sulfonamides is 1. The average Bonchev–Trinajstić information content (AvgIpc) is 2.89. The molecule has 0 aromatic heterocycles. The molecule has 0 unspecified atom stereocenters. The minimum Gasteiger partial charge on any atom is -0.494 e. The normalized spacial score (nSPS) is 15.0. The van der Waals surface area contributed by atoms with Gasteiger partial charge < -0.3 is 19.2 Å². The number of hydrogen-bond donors (Lipinski definition) is 0. The molecule has 0 N–H and O–H groups in total. The Balaban J connectivity index is 1.73. The quantitative estimate of drug-likeness (QED) is 0.182. The van der Waals surface area contributed by atoms with E-state index in [4.69, 9.17) is 14.3 Å². The van der Waals surface area contributed by atoms with Crippen LogP contribution in [0.15, 0.2) is 24.3 Å². The lowest BCUT2D eigenvalue weighted by molar-refractivity contribution is -0.182. The van der Waals surface area contributed by atoms with Gasteiger partial charge in [0.1, 0.15) is 11.4 Å². The Morgan fingerprint density at radius 1 is 0.952 bits per heavy atom. The van der Waals surface area contributed by atoms with Crippen molar-refractivity contribution in [1.82, 2.24) is 9.37 Å². The minimum atomic E-state index is -3.76. The van der Waals surface area contributed by atoms with Crippen LogP contribution in [-0.4, -0.2) is 72.2 Å². The summed E-state index contributed by atoms with van der Waals surface area (Å²) in [5.74, 6) is 0.254. The first-order chi connectivity index (χ1) is 19.5. The highest BCUT2D eigenvalue weighted by Crippen LogP contribution is 2.24. The van der Waals surface area contributed by atoms with Gasteiger partial charge in [0.2, 0.25) is 10.0 Å². The predicted octanol–water partition coefficient (Wildman–Crippen LogP) is 6.14. The van der Waals surface area contributed by atoms with Crippen LogP contribution in [0.5, 0.6) is 5.75 Å². The molecule has 1 amide bonds. The van der Waals surface area contributed by atoms with Gasteiger partial charge in [0.05, 0.1) is 17.9 Å². The third-order valence-corrected chi connectivity index (χ3v) is 8.70. The molecule has 1 aliphatic rings. The summed E-state index contributed by atoms with van der Waals surface area (Å²) in [7, 11) is -3.76. The fourth-order valence-electron chi connectivity index (χ4n) is 4.51. The number of piperidine rings is 1. The molecule has 2 rings (SSSR count). The first-order valence-electron chi connectivity index (χ1n) is 15.0. The highest BCUT2D eigenvalue weighted by atomic mass is 32.2. The van der Waals surface area contributed by atoms with E-state index in [0.717, 1.165) is 23.7 Å². The second kappa shape index (κ2) is 15.7. The van der Waals surface area contributed by atoms with E-state index >= 15 is 0 Å². The summed E-state index contributed by atoms with van der Waals surface area (Å²) in [6.07, 6.45) is 3.93. The molecule has 238 valence electrons. The molecule has 42 heavy (non-hydrogen) atoms. The number of carbonyl (C=O) groups is 3. The molecule has 10 nitrogen and oxygen atoms in total. The van der Waals surface area contributed by atoms with E-state index in [-0.39, 0.29) is 36.9 Å². The van der Waals surface area contributed by atoms with E-state index in [1.165, 1.54) is 0 Å². The Labute approximate surface area is 252 Å². The Morgan fingerprint density at radius 2 is 1.57 bits per heavy atom. The number of ketones is 1. The monoisotopic (exact) mass is 610 g/mol. The molecular formula is C31H50N2O8S. The van der Waals surface area contributed by atoms with Gasteiger partial charge >= 0.3 is 12.1 Å². The zero-order valence-corrected chi connectivity index (χ0v) is 27.3. The molecule has 1 aliphatic heterocycles. The number of carbonyl (C=O) groups excluding carboxylic acids is 3. The summed E-state index contributed by atoms with van der Waals surface area (Å²) in [6.45, 7) is 14.4. The fraction of sp³-hybridized carbons (Fsp3) is 0.710. The summed E-state index contributed by atoms with van der Waals surface area (Å²) in [5, 5.41) is 0. The maximum absolute atomic E-state index is 12.7. The average molecular weight is 611 g/mol. The van der Waals surface area contributed by atoms with Gasteiger partial charge in [0, 0.05) is 31.5 Å². The third-order valence-electron chi connectivity index (χ3n) is 6.76. The number of hydrogen-bond acceptors (Lipinski definition) is 8. The van der Waals surface area contributed by atoms with E-state index in [1.54, 1.807) is 49.9 Å². The van der Waals surface area contributed by atoms with Crippen molar-refractivity contribution in [3.05, 3.63) is 29.8 Å². The number of benzene rings is 1. The van der Waals surface area contributed by atoms with Crippen LogP contribution in [0.1, 0.15) is 110 Å². The van der Waals surface area contributed by atoms with Gasteiger partial charge in [-0.2, -0.15) is 0 Å². The second-order valence-corrected chi connectivity index (χ2v) is 14.8. The first-order valence-corrected chi connectivity index (χ1v) is 16.6. The Hall–Kier alpha value is -2.66. The largest absolute Gasteiger partial charge is 0.494 e. The third kappa shape index (κ3) is 12.3. The number of ether oxygens (including phenoxy) is 2. The second-order valence-electron chi connectivity index (χ2n) is 12.9. The topological polar surface area (TPSA) is 120 Å². The number of nitrogens with zero attached hydrogens (tertiary/aromatic N) is 2. The molecule has 1 aromatic carbocycles. The van der Waals surface area contributed by atoms with E-state index in [2.05, 4.69) is 0 Å². The van der Waals surface area contributed by atoms with Gasteiger partial charge in [-0.05, 0) is 108 Å². The smallest absolute Gasteiger partial charge is 0.410 e. The molecule has 1 saturated heterocycles. The number of hydroxylamine groups is 1. The van der Waals surface area contributed by atoms with Gasteiger partial charge in [-0.1, -0.05) is 13.3 Å². The maximum Gasteiger partial charge on any atom is 0.410 e. The molecule has 0 radical (unpaired) electrons. The Morgan fingerprint density at radius 3 is 2.12 bits per heavy atom. The zero-order chi connectivity index (χ0) is 31.6. The van der Waals surface area contributed by atoms with E-state index in [0.29, 0.717) is 49.8 Å². The first kappa shape index (κ1) is 35.5. The molecule has 1 heterocycles. The lowest BCUT2D eigenvalue weighted by Crippen LogP contribution is -2.47. The minimum absolute atomic E-state index is 0.0699. The number of likely N-dealkylation sites (tertiary alicyclic amines) is 1. The summed E-state index contributed by atoms with van der Waals surface area (Å²) in [5.41, 5.74) is -0.893. The molecule has 11 heteroatoms. The van der Waals surface area contributed by atoms with Crippen molar-refractivity contribution in [1.29, 1.82) is 0 Å². The lowest BCUT2D eigenvalue weighted by atomic mass is 9.94. The summed E-state index contributed by atoms with van der Waals surface area (Å²) < 4.78 is 37.4. The molecule has 0 atom stereocenters. The van der Waals surface area contributed by atoms with Gasteiger partial charge in [-0.25, -0.2) is 13.2 Å². The van der Waals surface area contributed by atoms with Crippen molar-refractivity contribution in [2.24, 2.45) is 5.92 Å². The fourth-order valence-corrected chi connectivity index (χ4v) is 6.36. The number of amides is 1. The van der Waals surface area contributed by atoms with Crippen molar-refractivity contribution in [2.45, 2.75) is 111 Å². The molecule has 0 spiro atoms. The van der Waals surface area contributed by atoms with Crippen molar-refractivity contribution in [3.63, 3.8) is 0 Å². The van der Waals surface area contributed by atoms with Gasteiger partial charge in [-0.15, -0.1) is 0 Å². The van der Waals surface area contributed by atoms with Crippen LogP contribution in [0.4, 0.5) is 4.79 Å². The Kier molecular flexibility index (Phi) is 13.3. The van der Waals surface area contributed by atoms with E-state index in [1.807, 2.05) is 27.7 Å². The standard InChI is InChI=1S/C31H50N2O8S/c1-8-9-23-42(37,38)33(30(2,3)4)41-28(35)12-10-11-27(34)25-13-15-26(16-14-25)39-22-19-24-17-20-32(21-18-24)29(36)40-31(5,6)7/h13-16,24H,8-12,17-23H2,1-7H3. The molecule has 0 aliphatic carbocycles. The van der Waals surface area contributed by atoms with Crippen LogP contribution < -0.4 is 4.74 Å². The lowest BCUT2D eigenvalue weighted by Gasteiger charge is -2.33. The van der Waals surface area contributed by atoms with Crippen LogP contribution in [0.3, 0.4) is 0 Å². The van der Waals surface area contributed by atoms with Crippen molar-refractivity contribution >= 4 is 27.9 Å². The van der Waals surface area contributed by atoms with Crippen molar-refractivity contribution in [3.8, 4) is 5.75 Å². The number of rotatable bonds is 14. The molecular weight excluding hydrogens is 560 g/mol. The van der Waals surface area contributed by atoms with Gasteiger partial charge in [0.25, 0.3) is 0 Å². The van der Waals surface area contributed by atoms with Crippen molar-refractivity contribution in [2.75, 3.05) is 25.4 Å². The molecule has 0 saturated carbocycles. The molecule has 0 bridgehead atoms. The van der Waals surface area contributed by atoms with E-state index < -0.39 is 27.1 Å². The highest BCUT2D eigenvalue weighted by Gasteiger charge is 2.36. The molecule has 1 aromatic rings. The van der Waals surface area contributed by atoms with Gasteiger partial charge in [-0.3, -0.25) is 9.59 Å². The van der Waals surface area contributed by atoms with Gasteiger partial charge in [0.15, 0.2) is 5.78 Å². The van der Waals surface area contributed by atoms with Crippen LogP contribution in [0, 0.1) is 5.92 Å². The number of Topliss-reactive ketones (excluding diaryl/α,β-unsaturated/α-hetero) is 1. The summed E-state index contributed by atoms with van der Waals surface area (Å²) in [4.78, 5) is 44.3. The summed E-state index contributed by atoms with van der Waals surface area (Å²) in [6, 6.07) is 6.93. The van der Waals surface area contributed by atoms with Crippen LogP contribution >= 0.6 is 0 Å². The Bertz CT molecular complexity index is 1130. The zero-order valence-electron chi connectivity index (χ0n) is 26.4. The predicted molar refractivity (Wildman–Crippen MR) is 162 cm³/mol. The SMILES string of the molecule is CCCCS(=O)(=O)N(OC(=O)CCCC(=O)c1ccc(OCCC2CCN(C(=O)OC(C)(C)C)CC2)cc1)C(C)(C)C. The van der Waals surface area contributed by atoms with E-state index in [9.17, 15) is 22.8 Å². The summed E-state index contributed by atoms with van der Waals surface area (Å²) >= 11 is 0.